The first-order valence-electron chi connectivity index (χ1n) is 10.2. The molecule has 5 heteroatoms. The molecule has 0 aliphatic rings. The summed E-state index contributed by atoms with van der Waals surface area (Å²) in [6, 6.07) is 19.9. The zero-order valence-electron chi connectivity index (χ0n) is 17.8. The summed E-state index contributed by atoms with van der Waals surface area (Å²) in [6.07, 6.45) is 1.50. The summed E-state index contributed by atoms with van der Waals surface area (Å²) in [5.74, 6) is 0.860. The van der Waals surface area contributed by atoms with E-state index in [9.17, 15) is 4.79 Å². The van der Waals surface area contributed by atoms with Crippen molar-refractivity contribution in [3.8, 4) is 0 Å². The quantitative estimate of drug-likeness (QED) is 0.483. The lowest BCUT2D eigenvalue weighted by atomic mass is 9.87. The number of imidazole rings is 1. The number of nitrogens with zero attached hydrogens (tertiary/aromatic N) is 2. The SMILES string of the molecule is CC(NC(=O)c1ccco1)c1nc2ccccc2n1Cc1ccc(C(C)(C)C)cc1. The molecule has 0 saturated heterocycles. The molecule has 2 aromatic carbocycles. The van der Waals surface area contributed by atoms with Gasteiger partial charge in [-0.25, -0.2) is 4.98 Å². The molecule has 2 aromatic heterocycles. The highest BCUT2D eigenvalue weighted by atomic mass is 16.3. The first-order valence-corrected chi connectivity index (χ1v) is 10.2. The molecular formula is C25H27N3O2. The van der Waals surface area contributed by atoms with E-state index in [0.29, 0.717) is 12.3 Å². The van der Waals surface area contributed by atoms with Crippen molar-refractivity contribution in [2.45, 2.75) is 45.7 Å². The van der Waals surface area contributed by atoms with Gasteiger partial charge in [-0.2, -0.15) is 0 Å². The van der Waals surface area contributed by atoms with Crippen LogP contribution in [0.5, 0.6) is 0 Å². The standard InChI is InChI=1S/C25H27N3O2/c1-17(26-24(29)22-10-7-15-30-22)23-27-20-8-5-6-9-21(20)28(23)16-18-11-13-19(14-12-18)25(2,3)4/h5-15,17H,16H2,1-4H3,(H,26,29). The number of para-hydroxylation sites is 2. The molecule has 4 aromatic rings. The molecule has 5 nitrogen and oxygen atoms in total. The Morgan fingerprint density at radius 2 is 1.80 bits per heavy atom. The molecule has 1 amide bonds. The zero-order chi connectivity index (χ0) is 21.3. The molecule has 1 unspecified atom stereocenters. The maximum atomic E-state index is 12.5. The van der Waals surface area contributed by atoms with E-state index in [1.807, 2.05) is 25.1 Å². The van der Waals surface area contributed by atoms with E-state index in [0.717, 1.165) is 16.9 Å². The van der Waals surface area contributed by atoms with Gasteiger partial charge < -0.3 is 14.3 Å². The Balaban J connectivity index is 1.66. The van der Waals surface area contributed by atoms with Crippen LogP contribution in [0, 0.1) is 0 Å². The van der Waals surface area contributed by atoms with Gasteiger partial charge in [0.05, 0.1) is 23.3 Å². The van der Waals surface area contributed by atoms with Gasteiger partial charge in [0, 0.05) is 6.54 Å². The van der Waals surface area contributed by atoms with E-state index in [1.165, 1.54) is 17.4 Å². The fraction of sp³-hybridized carbons (Fsp3) is 0.280. The lowest BCUT2D eigenvalue weighted by molar-refractivity contribution is 0.0909. The Kier molecular flexibility index (Phi) is 5.20. The molecule has 0 aliphatic heterocycles. The predicted octanol–water partition coefficient (Wildman–Crippen LogP) is 5.47. The molecule has 154 valence electrons. The minimum atomic E-state index is -0.274. The highest BCUT2D eigenvalue weighted by molar-refractivity contribution is 5.91. The highest BCUT2D eigenvalue weighted by Gasteiger charge is 2.20. The van der Waals surface area contributed by atoms with Crippen LogP contribution in [0.2, 0.25) is 0 Å². The number of benzene rings is 2. The van der Waals surface area contributed by atoms with Gasteiger partial charge in [0.1, 0.15) is 5.82 Å². The lowest BCUT2D eigenvalue weighted by Crippen LogP contribution is -2.28. The summed E-state index contributed by atoms with van der Waals surface area (Å²) < 4.78 is 7.39. The van der Waals surface area contributed by atoms with Crippen molar-refractivity contribution < 1.29 is 9.21 Å². The number of fused-ring (bicyclic) bond motifs is 1. The van der Waals surface area contributed by atoms with Gasteiger partial charge in [0.25, 0.3) is 5.91 Å². The third-order valence-electron chi connectivity index (χ3n) is 5.32. The number of furan rings is 1. The second-order valence-electron chi connectivity index (χ2n) is 8.66. The van der Waals surface area contributed by atoms with Crippen molar-refractivity contribution in [3.05, 3.63) is 89.6 Å². The molecule has 4 rings (SSSR count). The molecular weight excluding hydrogens is 374 g/mol. The van der Waals surface area contributed by atoms with Crippen LogP contribution in [0.15, 0.2) is 71.3 Å². The third kappa shape index (κ3) is 4.01. The molecule has 2 heterocycles. The number of carbonyl (C=O) groups is 1. The van der Waals surface area contributed by atoms with Gasteiger partial charge in [0.15, 0.2) is 5.76 Å². The van der Waals surface area contributed by atoms with Gasteiger partial charge in [-0.1, -0.05) is 57.2 Å². The van der Waals surface area contributed by atoms with Gasteiger partial charge in [-0.3, -0.25) is 4.79 Å². The first-order chi connectivity index (χ1) is 14.3. The van der Waals surface area contributed by atoms with Crippen LogP contribution in [-0.4, -0.2) is 15.5 Å². The number of aromatic nitrogens is 2. The van der Waals surface area contributed by atoms with Crippen LogP contribution in [0.1, 0.15) is 61.2 Å². The largest absolute Gasteiger partial charge is 0.459 e. The predicted molar refractivity (Wildman–Crippen MR) is 119 cm³/mol. The van der Waals surface area contributed by atoms with Crippen LogP contribution in [0.25, 0.3) is 11.0 Å². The monoisotopic (exact) mass is 401 g/mol. The molecule has 0 radical (unpaired) electrons. The summed E-state index contributed by atoms with van der Waals surface area (Å²) >= 11 is 0. The van der Waals surface area contributed by atoms with E-state index < -0.39 is 0 Å². The Morgan fingerprint density at radius 3 is 2.47 bits per heavy atom. The van der Waals surface area contributed by atoms with Crippen molar-refractivity contribution in [2.24, 2.45) is 0 Å². The second kappa shape index (κ2) is 7.82. The molecule has 1 atom stereocenters. The Morgan fingerprint density at radius 1 is 1.07 bits per heavy atom. The molecule has 1 N–H and O–H groups in total. The van der Waals surface area contributed by atoms with Gasteiger partial charge in [0.2, 0.25) is 0 Å². The van der Waals surface area contributed by atoms with Gasteiger partial charge in [-0.05, 0) is 47.7 Å². The van der Waals surface area contributed by atoms with Gasteiger partial charge in [-0.15, -0.1) is 0 Å². The Bertz CT molecular complexity index is 1150. The van der Waals surface area contributed by atoms with Crippen LogP contribution in [0.4, 0.5) is 0 Å². The highest BCUT2D eigenvalue weighted by Crippen LogP contribution is 2.25. The van der Waals surface area contributed by atoms with Crippen LogP contribution in [0.3, 0.4) is 0 Å². The zero-order valence-corrected chi connectivity index (χ0v) is 17.8. The van der Waals surface area contributed by atoms with Crippen molar-refractivity contribution in [1.29, 1.82) is 0 Å². The molecule has 0 bridgehead atoms. The average molecular weight is 402 g/mol. The third-order valence-corrected chi connectivity index (χ3v) is 5.32. The number of rotatable bonds is 5. The normalized spacial score (nSPS) is 12.8. The van der Waals surface area contributed by atoms with Crippen molar-refractivity contribution >= 4 is 16.9 Å². The van der Waals surface area contributed by atoms with Gasteiger partial charge >= 0.3 is 0 Å². The van der Waals surface area contributed by atoms with E-state index in [1.54, 1.807) is 12.1 Å². The number of hydrogen-bond acceptors (Lipinski definition) is 3. The molecule has 30 heavy (non-hydrogen) atoms. The molecule has 0 spiro atoms. The van der Waals surface area contributed by atoms with E-state index in [4.69, 9.17) is 9.40 Å². The van der Waals surface area contributed by atoms with E-state index in [-0.39, 0.29) is 17.4 Å². The maximum absolute atomic E-state index is 12.5. The summed E-state index contributed by atoms with van der Waals surface area (Å²) in [4.78, 5) is 17.3. The van der Waals surface area contributed by atoms with Crippen LogP contribution >= 0.6 is 0 Å². The van der Waals surface area contributed by atoms with Crippen LogP contribution in [-0.2, 0) is 12.0 Å². The fourth-order valence-electron chi connectivity index (χ4n) is 3.62. The average Bonchev–Trinajstić information content (AvgIpc) is 3.36. The molecule has 0 aliphatic carbocycles. The number of carbonyl (C=O) groups excluding carboxylic acids is 1. The summed E-state index contributed by atoms with van der Waals surface area (Å²) in [6.45, 7) is 9.27. The fourth-order valence-corrected chi connectivity index (χ4v) is 3.62. The minimum Gasteiger partial charge on any atom is -0.459 e. The van der Waals surface area contributed by atoms with Crippen molar-refractivity contribution in [3.63, 3.8) is 0 Å². The van der Waals surface area contributed by atoms with E-state index in [2.05, 4.69) is 61.0 Å². The second-order valence-corrected chi connectivity index (χ2v) is 8.66. The van der Waals surface area contributed by atoms with Crippen molar-refractivity contribution in [2.75, 3.05) is 0 Å². The van der Waals surface area contributed by atoms with Crippen molar-refractivity contribution in [1.82, 2.24) is 14.9 Å². The number of amides is 1. The number of hydrogen-bond donors (Lipinski definition) is 1. The first kappa shape index (κ1) is 20.0. The maximum Gasteiger partial charge on any atom is 0.287 e. The summed E-state index contributed by atoms with van der Waals surface area (Å²) in [7, 11) is 0. The number of nitrogens with one attached hydrogen (secondary N) is 1. The Labute approximate surface area is 176 Å². The smallest absolute Gasteiger partial charge is 0.287 e. The minimum absolute atomic E-state index is 0.121. The topological polar surface area (TPSA) is 60.1 Å². The lowest BCUT2D eigenvalue weighted by Gasteiger charge is -2.20. The molecule has 0 saturated carbocycles. The summed E-state index contributed by atoms with van der Waals surface area (Å²) in [5, 5.41) is 3.00. The summed E-state index contributed by atoms with van der Waals surface area (Å²) in [5.41, 5.74) is 4.58. The molecule has 0 fully saturated rings. The Hall–Kier alpha value is -3.34. The van der Waals surface area contributed by atoms with Crippen LogP contribution < -0.4 is 5.32 Å². The van der Waals surface area contributed by atoms with E-state index >= 15 is 0 Å².